The van der Waals surface area contributed by atoms with Crippen molar-refractivity contribution in [3.63, 3.8) is 0 Å². The van der Waals surface area contributed by atoms with Crippen LogP contribution in [0.1, 0.15) is 25.3 Å². The number of ether oxygens (including phenoxy) is 3. The molecular weight excluding hydrogens is 358 g/mol. The zero-order chi connectivity index (χ0) is 19.8. The fraction of sp³-hybridized carbons (Fsp3) is 0.318. The van der Waals surface area contributed by atoms with E-state index >= 15 is 0 Å². The first kappa shape index (κ1) is 19.9. The topological polar surface area (TPSA) is 72.3 Å². The molecule has 1 aliphatic rings. The van der Waals surface area contributed by atoms with Gasteiger partial charge in [0.1, 0.15) is 30.0 Å². The van der Waals surface area contributed by atoms with Gasteiger partial charge >= 0.3 is 5.97 Å². The molecule has 2 aromatic carbocycles. The predicted octanol–water partition coefficient (Wildman–Crippen LogP) is 2.94. The van der Waals surface area contributed by atoms with Crippen molar-refractivity contribution in [2.24, 2.45) is 0 Å². The Morgan fingerprint density at radius 1 is 1.07 bits per heavy atom. The Morgan fingerprint density at radius 2 is 1.79 bits per heavy atom. The lowest BCUT2D eigenvalue weighted by Crippen LogP contribution is -2.97. The molecule has 1 aliphatic heterocycles. The molecule has 6 nitrogen and oxygen atoms in total. The highest BCUT2D eigenvalue weighted by Crippen LogP contribution is 2.21. The van der Waals surface area contributed by atoms with Crippen molar-refractivity contribution in [2.75, 3.05) is 19.8 Å². The van der Waals surface area contributed by atoms with Crippen LogP contribution in [0, 0.1) is 5.21 Å². The molecule has 0 amide bonds. The van der Waals surface area contributed by atoms with Crippen LogP contribution >= 0.6 is 0 Å². The van der Waals surface area contributed by atoms with Gasteiger partial charge in [-0.2, -0.15) is 0 Å². The van der Waals surface area contributed by atoms with Crippen LogP contribution in [0.2, 0.25) is 0 Å². The number of nitrogens with one attached hydrogen (secondary N) is 1. The number of para-hydroxylation sites is 1. The molecule has 148 valence electrons. The van der Waals surface area contributed by atoms with Gasteiger partial charge in [0.2, 0.25) is 0 Å². The van der Waals surface area contributed by atoms with Crippen molar-refractivity contribution in [1.29, 1.82) is 0 Å². The summed E-state index contributed by atoms with van der Waals surface area (Å²) in [7, 11) is 0. The summed E-state index contributed by atoms with van der Waals surface area (Å²) in [6.07, 6.45) is 3.36. The van der Waals surface area contributed by atoms with E-state index in [0.29, 0.717) is 38.4 Å². The van der Waals surface area contributed by atoms with Crippen LogP contribution in [0.4, 0.5) is 5.69 Å². The fourth-order valence-corrected chi connectivity index (χ4v) is 3.01. The van der Waals surface area contributed by atoms with Crippen LogP contribution in [-0.4, -0.2) is 25.8 Å². The summed E-state index contributed by atoms with van der Waals surface area (Å²) in [6.45, 7) is 3.02. The Labute approximate surface area is 164 Å². The molecule has 0 bridgehead atoms. The number of carbonyl (C=O) groups excluding carboxylic acids is 1. The van der Waals surface area contributed by atoms with E-state index in [1.54, 1.807) is 13.1 Å². The van der Waals surface area contributed by atoms with E-state index < -0.39 is 0 Å². The van der Waals surface area contributed by atoms with Crippen LogP contribution in [0.25, 0.3) is 0 Å². The number of esters is 1. The van der Waals surface area contributed by atoms with E-state index in [4.69, 9.17) is 14.2 Å². The molecule has 0 saturated carbocycles. The summed E-state index contributed by atoms with van der Waals surface area (Å²) in [5.41, 5.74) is 2.78. The van der Waals surface area contributed by atoms with E-state index in [0.717, 1.165) is 29.0 Å². The van der Waals surface area contributed by atoms with Gasteiger partial charge < -0.3 is 24.5 Å². The lowest BCUT2D eigenvalue weighted by atomic mass is 10.0. The summed E-state index contributed by atoms with van der Waals surface area (Å²) in [4.78, 5) is 11.3. The molecule has 1 N–H and O–H groups in total. The Morgan fingerprint density at radius 3 is 2.54 bits per heavy atom. The fourth-order valence-electron chi connectivity index (χ4n) is 3.01. The SMILES string of the molecule is CCOC(=O)CCCOc1ccc(OCC2=C[NH+]([O-])c3ccccc3C2)cc1. The highest BCUT2D eigenvalue weighted by atomic mass is 16.5. The second-order valence-corrected chi connectivity index (χ2v) is 6.52. The van der Waals surface area contributed by atoms with Gasteiger partial charge in [-0.1, -0.05) is 18.2 Å². The minimum atomic E-state index is -0.201. The quantitative estimate of drug-likeness (QED) is 0.409. The van der Waals surface area contributed by atoms with Crippen molar-refractivity contribution in [3.05, 3.63) is 71.1 Å². The smallest absolute Gasteiger partial charge is 0.305 e. The van der Waals surface area contributed by atoms with Crippen molar-refractivity contribution < 1.29 is 24.1 Å². The molecule has 0 fully saturated rings. The molecule has 0 radical (unpaired) electrons. The van der Waals surface area contributed by atoms with Crippen molar-refractivity contribution in [3.8, 4) is 11.5 Å². The monoisotopic (exact) mass is 383 g/mol. The van der Waals surface area contributed by atoms with Gasteiger partial charge in [-0.3, -0.25) is 4.79 Å². The van der Waals surface area contributed by atoms with Crippen molar-refractivity contribution in [1.82, 2.24) is 0 Å². The zero-order valence-electron chi connectivity index (χ0n) is 16.0. The van der Waals surface area contributed by atoms with Gasteiger partial charge in [0.05, 0.1) is 13.2 Å². The molecule has 1 atom stereocenters. The molecule has 0 saturated heterocycles. The maximum absolute atomic E-state index is 12.2. The maximum Gasteiger partial charge on any atom is 0.305 e. The third-order valence-corrected chi connectivity index (χ3v) is 4.38. The third-order valence-electron chi connectivity index (χ3n) is 4.38. The number of hydrogen-bond acceptors (Lipinski definition) is 5. The van der Waals surface area contributed by atoms with Crippen LogP contribution in [0.5, 0.6) is 11.5 Å². The number of quaternary nitrogens is 1. The van der Waals surface area contributed by atoms with E-state index in [9.17, 15) is 10.0 Å². The highest BCUT2D eigenvalue weighted by molar-refractivity contribution is 5.69. The van der Waals surface area contributed by atoms with Gasteiger partial charge in [-0.25, -0.2) is 0 Å². The molecule has 3 rings (SSSR count). The summed E-state index contributed by atoms with van der Waals surface area (Å²) < 4.78 is 16.3. The van der Waals surface area contributed by atoms with Crippen LogP contribution in [0.15, 0.2) is 60.3 Å². The van der Waals surface area contributed by atoms with E-state index in [-0.39, 0.29) is 11.0 Å². The minimum absolute atomic E-state index is 0.0343. The number of benzene rings is 2. The molecule has 0 aliphatic carbocycles. The predicted molar refractivity (Wildman–Crippen MR) is 106 cm³/mol. The standard InChI is InChI=1S/C22H25NO5/c1-2-26-22(24)8-5-13-27-19-9-11-20(12-10-19)28-16-17-14-18-6-3-4-7-21(18)23(25)15-17/h3-4,6-7,9-12,15,23H,2,5,8,13-14,16H2,1H3. The normalized spacial score (nSPS) is 15.4. The van der Waals surface area contributed by atoms with Crippen LogP contribution < -0.4 is 14.5 Å². The number of hydrogen-bond donors (Lipinski definition) is 1. The van der Waals surface area contributed by atoms with E-state index in [2.05, 4.69) is 0 Å². The summed E-state index contributed by atoms with van der Waals surface area (Å²) in [5, 5.41) is 12.2. The summed E-state index contributed by atoms with van der Waals surface area (Å²) >= 11 is 0. The van der Waals surface area contributed by atoms with Crippen LogP contribution in [0.3, 0.4) is 0 Å². The van der Waals surface area contributed by atoms with Gasteiger partial charge in [-0.15, -0.1) is 0 Å². The third kappa shape index (κ3) is 5.58. The molecule has 1 heterocycles. The lowest BCUT2D eigenvalue weighted by molar-refractivity contribution is -0.716. The molecule has 2 aromatic rings. The van der Waals surface area contributed by atoms with Gasteiger partial charge in [0.15, 0.2) is 0 Å². The van der Waals surface area contributed by atoms with Gasteiger partial charge in [0, 0.05) is 30.0 Å². The number of fused-ring (bicyclic) bond motifs is 1. The molecule has 6 heteroatoms. The average molecular weight is 383 g/mol. The second kappa shape index (κ2) is 9.92. The molecule has 1 unspecified atom stereocenters. The second-order valence-electron chi connectivity index (χ2n) is 6.52. The average Bonchev–Trinajstić information content (AvgIpc) is 2.71. The Kier molecular flexibility index (Phi) is 7.06. The molecule has 0 spiro atoms. The minimum Gasteiger partial charge on any atom is -0.624 e. The summed E-state index contributed by atoms with van der Waals surface area (Å²) in [5.74, 6) is 1.23. The molecule has 28 heavy (non-hydrogen) atoms. The molecule has 0 aromatic heterocycles. The molecular formula is C22H25NO5. The zero-order valence-corrected chi connectivity index (χ0v) is 16.0. The lowest BCUT2D eigenvalue weighted by Gasteiger charge is -2.26. The van der Waals surface area contributed by atoms with Gasteiger partial charge in [0.25, 0.3) is 0 Å². The number of rotatable bonds is 9. The Hall–Kier alpha value is -2.83. The van der Waals surface area contributed by atoms with E-state index in [1.807, 2.05) is 48.5 Å². The highest BCUT2D eigenvalue weighted by Gasteiger charge is 2.17. The Balaban J connectivity index is 1.43. The first-order valence-corrected chi connectivity index (χ1v) is 9.48. The number of hydroxylamine groups is 1. The van der Waals surface area contributed by atoms with Crippen LogP contribution in [-0.2, 0) is 16.0 Å². The van der Waals surface area contributed by atoms with Crippen molar-refractivity contribution in [2.45, 2.75) is 26.2 Å². The number of carbonyl (C=O) groups is 1. The first-order chi connectivity index (χ1) is 13.7. The summed E-state index contributed by atoms with van der Waals surface area (Å²) in [6, 6.07) is 15.0. The van der Waals surface area contributed by atoms with Crippen molar-refractivity contribution >= 4 is 11.7 Å². The maximum atomic E-state index is 12.2. The van der Waals surface area contributed by atoms with Gasteiger partial charge in [-0.05, 0) is 37.6 Å². The van der Waals surface area contributed by atoms with E-state index in [1.165, 1.54) is 0 Å². The largest absolute Gasteiger partial charge is 0.624 e. The Bertz CT molecular complexity index is 816. The first-order valence-electron chi connectivity index (χ1n) is 9.48.